The molecule has 1 atom stereocenters. The van der Waals surface area contributed by atoms with E-state index in [4.69, 9.17) is 4.74 Å². The quantitative estimate of drug-likeness (QED) is 0.725. The van der Waals surface area contributed by atoms with Gasteiger partial charge in [0, 0.05) is 31.7 Å². The van der Waals surface area contributed by atoms with Crippen LogP contribution >= 0.6 is 0 Å². The van der Waals surface area contributed by atoms with Gasteiger partial charge in [0.25, 0.3) is 0 Å². The van der Waals surface area contributed by atoms with Gasteiger partial charge in [-0.15, -0.1) is 5.10 Å². The molecule has 2 aliphatic heterocycles. The molecule has 1 saturated heterocycles. The average molecular weight is 379 g/mol. The lowest BCUT2D eigenvalue weighted by Gasteiger charge is -2.14. The van der Waals surface area contributed by atoms with E-state index >= 15 is 0 Å². The van der Waals surface area contributed by atoms with E-state index in [2.05, 4.69) is 26.8 Å². The van der Waals surface area contributed by atoms with Crippen molar-refractivity contribution in [3.05, 3.63) is 47.7 Å². The molecule has 1 unspecified atom stereocenters. The number of pyridine rings is 1. The summed E-state index contributed by atoms with van der Waals surface area (Å²) in [6, 6.07) is 12.0. The molecule has 1 amide bonds. The largest absolute Gasteiger partial charge is 0.381 e. The average Bonchev–Trinajstić information content (AvgIpc) is 3.35. The molecular weight excluding hydrogens is 354 g/mol. The Labute approximate surface area is 164 Å². The van der Waals surface area contributed by atoms with Crippen molar-refractivity contribution in [2.24, 2.45) is 5.92 Å². The monoisotopic (exact) mass is 379 g/mol. The summed E-state index contributed by atoms with van der Waals surface area (Å²) in [5.74, 6) is 1.10. The highest BCUT2D eigenvalue weighted by Gasteiger charge is 2.38. The lowest BCUT2D eigenvalue weighted by Crippen LogP contribution is -2.26. The maximum Gasteiger partial charge on any atom is 0.247 e. The van der Waals surface area contributed by atoms with Crippen molar-refractivity contribution >= 4 is 28.9 Å². The van der Waals surface area contributed by atoms with Crippen molar-refractivity contribution in [1.29, 1.82) is 0 Å². The molecule has 7 nitrogen and oxygen atoms in total. The van der Waals surface area contributed by atoms with Crippen molar-refractivity contribution in [1.82, 2.24) is 14.6 Å². The van der Waals surface area contributed by atoms with Crippen molar-refractivity contribution < 1.29 is 11.0 Å². The van der Waals surface area contributed by atoms with Gasteiger partial charge in [0.2, 0.25) is 11.9 Å². The Bertz CT molecular complexity index is 1070. The molecular formula is C21H25N5O2. The highest BCUT2D eigenvalue weighted by atomic mass is 16.5. The SMILES string of the molecule is CC1(C)C(=O)Nc2cc(Nc3nc4cccc(CC5CCOC5)n4n3)ccc21.[HH]. The van der Waals surface area contributed by atoms with Crippen LogP contribution in [-0.2, 0) is 21.4 Å². The van der Waals surface area contributed by atoms with Crippen LogP contribution < -0.4 is 10.6 Å². The molecule has 5 rings (SSSR count). The summed E-state index contributed by atoms with van der Waals surface area (Å²) >= 11 is 0. The third-order valence-electron chi connectivity index (χ3n) is 5.72. The van der Waals surface area contributed by atoms with Gasteiger partial charge in [0.05, 0.1) is 5.41 Å². The van der Waals surface area contributed by atoms with Crippen molar-refractivity contribution in [2.45, 2.75) is 32.1 Å². The van der Waals surface area contributed by atoms with Gasteiger partial charge in [-0.25, -0.2) is 4.52 Å². The number of anilines is 3. The topological polar surface area (TPSA) is 80.5 Å². The number of carbonyl (C=O) groups excluding carboxylic acids is 1. The van der Waals surface area contributed by atoms with Gasteiger partial charge in [-0.2, -0.15) is 4.98 Å². The number of aromatic nitrogens is 3. The molecule has 146 valence electrons. The minimum absolute atomic E-state index is 0. The number of ether oxygens (including phenoxy) is 1. The third kappa shape index (κ3) is 2.82. The minimum Gasteiger partial charge on any atom is -0.381 e. The molecule has 7 heteroatoms. The van der Waals surface area contributed by atoms with E-state index in [-0.39, 0.29) is 7.33 Å². The van der Waals surface area contributed by atoms with E-state index in [0.29, 0.717) is 11.9 Å². The number of carbonyl (C=O) groups is 1. The molecule has 1 fully saturated rings. The van der Waals surface area contributed by atoms with Gasteiger partial charge in [0.1, 0.15) is 0 Å². The lowest BCUT2D eigenvalue weighted by atomic mass is 9.86. The van der Waals surface area contributed by atoms with Crippen molar-refractivity contribution in [3.63, 3.8) is 0 Å². The van der Waals surface area contributed by atoms with E-state index in [1.807, 2.05) is 48.7 Å². The second-order valence-electron chi connectivity index (χ2n) is 8.12. The van der Waals surface area contributed by atoms with Crippen LogP contribution in [0.25, 0.3) is 5.65 Å². The second kappa shape index (κ2) is 6.31. The normalized spacial score (nSPS) is 20.4. The molecule has 0 radical (unpaired) electrons. The molecule has 2 aromatic heterocycles. The first kappa shape index (κ1) is 17.2. The second-order valence-corrected chi connectivity index (χ2v) is 8.12. The number of nitrogens with one attached hydrogen (secondary N) is 2. The third-order valence-corrected chi connectivity index (χ3v) is 5.72. The standard InChI is InChI=1S/C21H23N5O2.H2/c1-21(2)16-7-6-14(11-17(16)23-19(21)27)22-20-24-18-5-3-4-15(26(18)25-20)10-13-8-9-28-12-13;/h3-7,11,13H,8-10,12H2,1-2H3,(H,22,25)(H,23,27);1H. The molecule has 1 aromatic carbocycles. The van der Waals surface area contributed by atoms with Gasteiger partial charge in [0.15, 0.2) is 5.65 Å². The van der Waals surface area contributed by atoms with E-state index in [9.17, 15) is 4.79 Å². The van der Waals surface area contributed by atoms with E-state index in [1.165, 1.54) is 0 Å². The zero-order valence-corrected chi connectivity index (χ0v) is 16.0. The fraction of sp³-hybridized carbons (Fsp3) is 0.381. The zero-order valence-electron chi connectivity index (χ0n) is 16.0. The highest BCUT2D eigenvalue weighted by molar-refractivity contribution is 6.06. The van der Waals surface area contributed by atoms with E-state index in [1.54, 1.807) is 0 Å². The van der Waals surface area contributed by atoms with Gasteiger partial charge in [-0.1, -0.05) is 12.1 Å². The molecule has 0 saturated carbocycles. The highest BCUT2D eigenvalue weighted by Crippen LogP contribution is 2.38. The van der Waals surface area contributed by atoms with Gasteiger partial charge < -0.3 is 15.4 Å². The van der Waals surface area contributed by atoms with Crippen molar-refractivity contribution in [3.8, 4) is 0 Å². The lowest BCUT2D eigenvalue weighted by molar-refractivity contribution is -0.119. The number of nitrogens with zero attached hydrogens (tertiary/aromatic N) is 3. The molecule has 3 aromatic rings. The number of hydrogen-bond acceptors (Lipinski definition) is 5. The fourth-order valence-electron chi connectivity index (χ4n) is 4.01. The van der Waals surface area contributed by atoms with Gasteiger partial charge in [-0.05, 0) is 62.4 Å². The first-order valence-electron chi connectivity index (χ1n) is 9.66. The maximum absolute atomic E-state index is 12.2. The van der Waals surface area contributed by atoms with Crippen LogP contribution in [0.4, 0.5) is 17.3 Å². The Morgan fingerprint density at radius 1 is 1.36 bits per heavy atom. The Morgan fingerprint density at radius 3 is 3.07 bits per heavy atom. The summed E-state index contributed by atoms with van der Waals surface area (Å²) in [5.41, 5.74) is 4.14. The smallest absolute Gasteiger partial charge is 0.247 e. The number of fused-ring (bicyclic) bond motifs is 2. The summed E-state index contributed by atoms with van der Waals surface area (Å²) in [4.78, 5) is 16.8. The first-order valence-corrected chi connectivity index (χ1v) is 9.66. The first-order chi connectivity index (χ1) is 13.5. The fourth-order valence-corrected chi connectivity index (χ4v) is 4.01. The van der Waals surface area contributed by atoms with E-state index < -0.39 is 5.41 Å². The molecule has 2 aliphatic rings. The summed E-state index contributed by atoms with van der Waals surface area (Å²) in [6.07, 6.45) is 2.02. The maximum atomic E-state index is 12.2. The van der Waals surface area contributed by atoms with E-state index in [0.717, 1.165) is 54.3 Å². The molecule has 4 heterocycles. The van der Waals surface area contributed by atoms with Crippen LogP contribution in [0.5, 0.6) is 0 Å². The Hall–Kier alpha value is -2.93. The molecule has 0 aliphatic carbocycles. The Morgan fingerprint density at radius 2 is 2.25 bits per heavy atom. The number of benzene rings is 1. The van der Waals surface area contributed by atoms with Crippen LogP contribution in [-0.4, -0.2) is 33.7 Å². The minimum atomic E-state index is -0.506. The Kier molecular flexibility index (Phi) is 3.87. The number of rotatable bonds is 4. The molecule has 0 spiro atoms. The number of hydrogen-bond donors (Lipinski definition) is 2. The predicted molar refractivity (Wildman–Crippen MR) is 109 cm³/mol. The molecule has 2 N–H and O–H groups in total. The molecule has 0 bridgehead atoms. The number of amides is 1. The summed E-state index contributed by atoms with van der Waals surface area (Å²) in [6.45, 7) is 5.52. The van der Waals surface area contributed by atoms with Crippen LogP contribution in [0.3, 0.4) is 0 Å². The van der Waals surface area contributed by atoms with Crippen LogP contribution in [0.1, 0.15) is 33.0 Å². The summed E-state index contributed by atoms with van der Waals surface area (Å²) in [7, 11) is 0. The molecule has 28 heavy (non-hydrogen) atoms. The van der Waals surface area contributed by atoms with Crippen LogP contribution in [0.2, 0.25) is 0 Å². The van der Waals surface area contributed by atoms with Crippen LogP contribution in [0, 0.1) is 5.92 Å². The summed E-state index contributed by atoms with van der Waals surface area (Å²) < 4.78 is 7.40. The van der Waals surface area contributed by atoms with Gasteiger partial charge in [-0.3, -0.25) is 4.79 Å². The Balaban J connectivity index is 0.00000205. The predicted octanol–water partition coefficient (Wildman–Crippen LogP) is 3.53. The van der Waals surface area contributed by atoms with Gasteiger partial charge >= 0.3 is 0 Å². The van der Waals surface area contributed by atoms with Crippen molar-refractivity contribution in [2.75, 3.05) is 23.8 Å². The zero-order chi connectivity index (χ0) is 19.3. The van der Waals surface area contributed by atoms with Crippen LogP contribution in [0.15, 0.2) is 36.4 Å². The summed E-state index contributed by atoms with van der Waals surface area (Å²) in [5, 5.41) is 10.9.